The second-order valence-corrected chi connectivity index (χ2v) is 10.7. The number of hydrogen-bond acceptors (Lipinski definition) is 4. The van der Waals surface area contributed by atoms with Crippen LogP contribution < -0.4 is 0 Å². The van der Waals surface area contributed by atoms with Crippen LogP contribution in [0, 0.1) is 6.92 Å². The molecule has 0 fully saturated rings. The van der Waals surface area contributed by atoms with Crippen molar-refractivity contribution < 1.29 is 8.42 Å². The lowest BCUT2D eigenvalue weighted by molar-refractivity contribution is 0.521. The van der Waals surface area contributed by atoms with Crippen LogP contribution in [0.5, 0.6) is 0 Å². The number of nitrogens with one attached hydrogen (secondary N) is 1. The predicted octanol–water partition coefficient (Wildman–Crippen LogP) is 5.49. The van der Waals surface area contributed by atoms with Crippen LogP contribution in [-0.2, 0) is 10.0 Å². The van der Waals surface area contributed by atoms with Crippen molar-refractivity contribution in [3.63, 3.8) is 0 Å². The van der Waals surface area contributed by atoms with Crippen LogP contribution in [0.4, 0.5) is 0 Å². The van der Waals surface area contributed by atoms with E-state index in [1.165, 1.54) is 18.4 Å². The van der Waals surface area contributed by atoms with Gasteiger partial charge in [-0.1, -0.05) is 50.2 Å². The first-order valence-electron chi connectivity index (χ1n) is 10.8. The van der Waals surface area contributed by atoms with E-state index in [-0.39, 0.29) is 10.8 Å². The molecule has 0 spiro atoms. The van der Waals surface area contributed by atoms with Gasteiger partial charge in [-0.05, 0) is 48.4 Å². The molecule has 6 nitrogen and oxygen atoms in total. The van der Waals surface area contributed by atoms with Crippen molar-refractivity contribution in [1.82, 2.24) is 19.3 Å². The summed E-state index contributed by atoms with van der Waals surface area (Å²) >= 11 is 0. The molecule has 2 aromatic heterocycles. The highest BCUT2D eigenvalue weighted by atomic mass is 32.2. The molecule has 2 heterocycles. The first-order valence-corrected chi connectivity index (χ1v) is 12.3. The summed E-state index contributed by atoms with van der Waals surface area (Å²) in [4.78, 5) is 13.3. The van der Waals surface area contributed by atoms with E-state index in [1.807, 2.05) is 55.5 Å². The molecule has 0 amide bonds. The number of aromatic nitrogens is 3. The molecule has 4 aromatic rings. The second-order valence-electron chi connectivity index (χ2n) is 8.56. The van der Waals surface area contributed by atoms with Crippen molar-refractivity contribution in [1.29, 1.82) is 0 Å². The lowest BCUT2D eigenvalue weighted by atomic mass is 10.0. The average Bonchev–Trinajstić information content (AvgIpc) is 3.25. The smallest absolute Gasteiger partial charge is 0.242 e. The number of sulfonamides is 1. The SMILES string of the molecule is Cc1cccc(-c2[nH]c(C(C)C)nc2-c2cccc(-c3ccc(S(=O)(=O)N(C)C)cc3)c2)n1. The quantitative estimate of drug-likeness (QED) is 0.413. The van der Waals surface area contributed by atoms with Crippen LogP contribution in [0.25, 0.3) is 33.8 Å². The van der Waals surface area contributed by atoms with Gasteiger partial charge >= 0.3 is 0 Å². The second kappa shape index (κ2) is 8.92. The maximum atomic E-state index is 12.4. The average molecular weight is 461 g/mol. The van der Waals surface area contributed by atoms with Gasteiger partial charge < -0.3 is 4.98 Å². The molecule has 170 valence electrons. The Bertz CT molecular complexity index is 1390. The Morgan fingerprint density at radius 1 is 0.848 bits per heavy atom. The Balaban J connectivity index is 1.77. The van der Waals surface area contributed by atoms with E-state index < -0.39 is 10.0 Å². The zero-order valence-corrected chi connectivity index (χ0v) is 20.3. The Hall–Kier alpha value is -3.29. The molecule has 0 saturated heterocycles. The van der Waals surface area contributed by atoms with E-state index in [0.717, 1.165) is 45.3 Å². The van der Waals surface area contributed by atoms with Crippen LogP contribution in [-0.4, -0.2) is 41.8 Å². The fourth-order valence-electron chi connectivity index (χ4n) is 3.62. The van der Waals surface area contributed by atoms with E-state index in [9.17, 15) is 8.42 Å². The van der Waals surface area contributed by atoms with Gasteiger partial charge in [-0.2, -0.15) is 0 Å². The van der Waals surface area contributed by atoms with E-state index in [0.29, 0.717) is 0 Å². The lowest BCUT2D eigenvalue weighted by Gasteiger charge is -2.12. The largest absolute Gasteiger partial charge is 0.340 e. The number of nitrogens with zero attached hydrogens (tertiary/aromatic N) is 3. The fourth-order valence-corrected chi connectivity index (χ4v) is 4.52. The monoisotopic (exact) mass is 460 g/mol. The van der Waals surface area contributed by atoms with E-state index >= 15 is 0 Å². The molecule has 2 aromatic carbocycles. The Labute approximate surface area is 195 Å². The van der Waals surface area contributed by atoms with Crippen molar-refractivity contribution in [2.24, 2.45) is 0 Å². The van der Waals surface area contributed by atoms with Gasteiger partial charge in [0.2, 0.25) is 10.0 Å². The molecule has 0 radical (unpaired) electrons. The summed E-state index contributed by atoms with van der Waals surface area (Å²) < 4.78 is 26.0. The molecule has 4 rings (SSSR count). The minimum Gasteiger partial charge on any atom is -0.340 e. The fraction of sp³-hybridized carbons (Fsp3) is 0.231. The first-order chi connectivity index (χ1) is 15.7. The Kier molecular flexibility index (Phi) is 6.19. The maximum Gasteiger partial charge on any atom is 0.242 e. The molecule has 0 atom stereocenters. The normalized spacial score (nSPS) is 12.0. The van der Waals surface area contributed by atoms with Gasteiger partial charge in [0.1, 0.15) is 5.82 Å². The molecule has 0 aliphatic heterocycles. The summed E-state index contributed by atoms with van der Waals surface area (Å²) in [6, 6.07) is 21.0. The van der Waals surface area contributed by atoms with Gasteiger partial charge in [-0.3, -0.25) is 4.98 Å². The third kappa shape index (κ3) is 4.60. The number of imidazole rings is 1. The number of aryl methyl sites for hydroxylation is 1. The minimum atomic E-state index is -3.46. The van der Waals surface area contributed by atoms with Crippen molar-refractivity contribution in [2.75, 3.05) is 14.1 Å². The number of aromatic amines is 1. The predicted molar refractivity (Wildman–Crippen MR) is 132 cm³/mol. The summed E-state index contributed by atoms with van der Waals surface area (Å²) in [7, 11) is -0.399. The van der Waals surface area contributed by atoms with Gasteiger partial charge in [-0.15, -0.1) is 0 Å². The molecule has 0 bridgehead atoms. The third-order valence-corrected chi connectivity index (χ3v) is 7.35. The van der Waals surface area contributed by atoms with Crippen LogP contribution in [0.1, 0.15) is 31.3 Å². The zero-order chi connectivity index (χ0) is 23.8. The molecule has 0 saturated carbocycles. The number of benzene rings is 2. The minimum absolute atomic E-state index is 0.247. The van der Waals surface area contributed by atoms with Crippen LogP contribution in [0.15, 0.2) is 71.6 Å². The molecular weight excluding hydrogens is 432 g/mol. The molecule has 0 aliphatic rings. The number of hydrogen-bond donors (Lipinski definition) is 1. The Morgan fingerprint density at radius 2 is 1.52 bits per heavy atom. The highest BCUT2D eigenvalue weighted by Gasteiger charge is 2.19. The Morgan fingerprint density at radius 3 is 2.15 bits per heavy atom. The highest BCUT2D eigenvalue weighted by Crippen LogP contribution is 2.33. The summed E-state index contributed by atoms with van der Waals surface area (Å²) in [5.41, 5.74) is 6.44. The summed E-state index contributed by atoms with van der Waals surface area (Å²) in [5, 5.41) is 0. The van der Waals surface area contributed by atoms with Gasteiger partial charge in [0.15, 0.2) is 0 Å². The lowest BCUT2D eigenvalue weighted by Crippen LogP contribution is -2.22. The van der Waals surface area contributed by atoms with Crippen LogP contribution in [0.3, 0.4) is 0 Å². The van der Waals surface area contributed by atoms with Gasteiger partial charge in [-0.25, -0.2) is 17.7 Å². The maximum absolute atomic E-state index is 12.4. The highest BCUT2D eigenvalue weighted by molar-refractivity contribution is 7.89. The third-order valence-electron chi connectivity index (χ3n) is 5.52. The molecule has 33 heavy (non-hydrogen) atoms. The number of rotatable bonds is 6. The van der Waals surface area contributed by atoms with Crippen molar-refractivity contribution in [3.8, 4) is 33.8 Å². The van der Waals surface area contributed by atoms with Gasteiger partial charge in [0.05, 0.1) is 22.0 Å². The van der Waals surface area contributed by atoms with Crippen molar-refractivity contribution >= 4 is 10.0 Å². The van der Waals surface area contributed by atoms with Crippen LogP contribution in [0.2, 0.25) is 0 Å². The molecule has 1 N–H and O–H groups in total. The number of H-pyrrole nitrogens is 1. The van der Waals surface area contributed by atoms with Gasteiger partial charge in [0, 0.05) is 31.3 Å². The molecular formula is C26H28N4O2S. The molecule has 7 heteroatoms. The summed E-state index contributed by atoms with van der Waals surface area (Å²) in [6.07, 6.45) is 0. The van der Waals surface area contributed by atoms with Crippen molar-refractivity contribution in [2.45, 2.75) is 31.6 Å². The molecule has 0 unspecified atom stereocenters. The topological polar surface area (TPSA) is 79.0 Å². The summed E-state index contributed by atoms with van der Waals surface area (Å²) in [6.45, 7) is 6.19. The van der Waals surface area contributed by atoms with E-state index in [1.54, 1.807) is 12.1 Å². The van der Waals surface area contributed by atoms with E-state index in [2.05, 4.69) is 24.9 Å². The first kappa shape index (κ1) is 22.9. The van der Waals surface area contributed by atoms with Gasteiger partial charge in [0.25, 0.3) is 0 Å². The zero-order valence-electron chi connectivity index (χ0n) is 19.5. The van der Waals surface area contributed by atoms with E-state index in [4.69, 9.17) is 9.97 Å². The van der Waals surface area contributed by atoms with Crippen LogP contribution >= 0.6 is 0 Å². The molecule has 0 aliphatic carbocycles. The summed E-state index contributed by atoms with van der Waals surface area (Å²) in [5.74, 6) is 1.16. The number of pyridine rings is 1. The van der Waals surface area contributed by atoms with Crippen molar-refractivity contribution in [3.05, 3.63) is 78.2 Å². The standard InChI is InChI=1S/C26H28N4O2S/c1-17(2)26-28-24(25(29-26)23-11-6-8-18(3)27-23)21-10-7-9-20(16-21)19-12-14-22(15-13-19)33(31,32)30(4)5/h6-17H,1-5H3,(H,28,29).